The summed E-state index contributed by atoms with van der Waals surface area (Å²) in [6.45, 7) is 4.72. The first-order chi connectivity index (χ1) is 11.2. The molecule has 1 aromatic rings. The number of benzene rings is 1. The Morgan fingerprint density at radius 1 is 1.17 bits per heavy atom. The Balaban J connectivity index is 1.71. The summed E-state index contributed by atoms with van der Waals surface area (Å²) >= 11 is 0. The summed E-state index contributed by atoms with van der Waals surface area (Å²) in [4.78, 5) is 14.6. The van der Waals surface area contributed by atoms with Crippen molar-refractivity contribution in [1.29, 1.82) is 0 Å². The van der Waals surface area contributed by atoms with Gasteiger partial charge in [-0.2, -0.15) is 0 Å². The molecule has 0 aliphatic carbocycles. The van der Waals surface area contributed by atoms with E-state index in [0.717, 1.165) is 0 Å². The summed E-state index contributed by atoms with van der Waals surface area (Å²) in [6.07, 6.45) is 6.42. The highest BCUT2D eigenvalue weighted by molar-refractivity contribution is 5.99. The molecule has 2 saturated heterocycles. The number of ether oxygens (including phenoxy) is 2. The second-order valence-electron chi connectivity index (χ2n) is 6.70. The molecule has 4 heteroatoms. The average Bonchev–Trinajstić information content (AvgIpc) is 2.59. The van der Waals surface area contributed by atoms with Crippen LogP contribution in [0.4, 0.5) is 0 Å². The number of rotatable bonds is 5. The largest absolute Gasteiger partial charge is 0.496 e. The monoisotopic (exact) mass is 317 g/mol. The van der Waals surface area contributed by atoms with Gasteiger partial charge < -0.3 is 9.47 Å². The van der Waals surface area contributed by atoms with Gasteiger partial charge in [-0.15, -0.1) is 0 Å². The van der Waals surface area contributed by atoms with Crippen molar-refractivity contribution < 1.29 is 14.3 Å². The van der Waals surface area contributed by atoms with Crippen molar-refractivity contribution in [3.63, 3.8) is 0 Å². The van der Waals surface area contributed by atoms with Crippen molar-refractivity contribution in [1.82, 2.24) is 4.90 Å². The van der Waals surface area contributed by atoms with Crippen molar-refractivity contribution in [3.05, 3.63) is 23.8 Å². The molecule has 0 unspecified atom stereocenters. The zero-order valence-corrected chi connectivity index (χ0v) is 14.2. The fraction of sp³-hybridized carbons (Fsp3) is 0.632. The lowest BCUT2D eigenvalue weighted by molar-refractivity contribution is 0.0364. The zero-order chi connectivity index (χ0) is 16.2. The molecule has 0 saturated carbocycles. The van der Waals surface area contributed by atoms with Crippen molar-refractivity contribution in [2.75, 3.05) is 26.8 Å². The van der Waals surface area contributed by atoms with Crippen molar-refractivity contribution in [3.8, 4) is 11.5 Å². The molecule has 0 N–H and O–H groups in total. The predicted molar refractivity (Wildman–Crippen MR) is 90.4 cm³/mol. The Kier molecular flexibility index (Phi) is 5.21. The van der Waals surface area contributed by atoms with Crippen LogP contribution in [-0.4, -0.2) is 43.5 Å². The van der Waals surface area contributed by atoms with Gasteiger partial charge in [0, 0.05) is 12.0 Å². The summed E-state index contributed by atoms with van der Waals surface area (Å²) in [6, 6.07) is 6.23. The van der Waals surface area contributed by atoms with E-state index in [1.807, 2.05) is 18.2 Å². The molecule has 1 aromatic carbocycles. The van der Waals surface area contributed by atoms with Gasteiger partial charge in [-0.05, 0) is 57.8 Å². The van der Waals surface area contributed by atoms with Crippen molar-refractivity contribution in [2.45, 2.75) is 45.1 Å². The van der Waals surface area contributed by atoms with E-state index in [1.54, 1.807) is 14.0 Å². The standard InChI is InChI=1S/C19H27NO3/c1-14(21)19-17(22-2)9-5-10-18(19)23-13-15-7-6-12-20-11-4-3-8-16(15)20/h5,9-10,15-16H,3-4,6-8,11-13H2,1-2H3/t15-,16+/m0/s1. The maximum absolute atomic E-state index is 12.0. The van der Waals surface area contributed by atoms with Crippen molar-refractivity contribution in [2.24, 2.45) is 5.92 Å². The number of methoxy groups -OCH3 is 1. The summed E-state index contributed by atoms with van der Waals surface area (Å²) in [5.74, 6) is 1.80. The molecule has 23 heavy (non-hydrogen) atoms. The van der Waals surface area contributed by atoms with E-state index in [2.05, 4.69) is 4.90 Å². The van der Waals surface area contributed by atoms with Crippen LogP contribution in [0.1, 0.15) is 49.4 Å². The lowest BCUT2D eigenvalue weighted by atomic mass is 9.84. The molecular weight excluding hydrogens is 290 g/mol. The van der Waals surface area contributed by atoms with Crippen LogP contribution >= 0.6 is 0 Å². The van der Waals surface area contributed by atoms with Crippen LogP contribution in [0.15, 0.2) is 18.2 Å². The number of hydrogen-bond donors (Lipinski definition) is 0. The number of carbonyl (C=O) groups is 1. The Bertz CT molecular complexity index is 556. The zero-order valence-electron chi connectivity index (χ0n) is 14.2. The number of fused-ring (bicyclic) bond motifs is 1. The van der Waals surface area contributed by atoms with Gasteiger partial charge in [-0.1, -0.05) is 12.5 Å². The minimum Gasteiger partial charge on any atom is -0.496 e. The van der Waals surface area contributed by atoms with Gasteiger partial charge in [-0.3, -0.25) is 9.69 Å². The Morgan fingerprint density at radius 3 is 2.74 bits per heavy atom. The number of carbonyl (C=O) groups excluding carboxylic acids is 1. The molecule has 2 aliphatic rings. The number of piperidine rings is 2. The van der Waals surface area contributed by atoms with Gasteiger partial charge in [0.1, 0.15) is 17.1 Å². The first-order valence-electron chi connectivity index (χ1n) is 8.75. The van der Waals surface area contributed by atoms with Crippen LogP contribution in [0.5, 0.6) is 11.5 Å². The summed E-state index contributed by atoms with van der Waals surface area (Å²) in [5, 5.41) is 0. The number of nitrogens with zero attached hydrogens (tertiary/aromatic N) is 1. The van der Waals surface area contributed by atoms with Crippen LogP contribution in [0.3, 0.4) is 0 Å². The third-order valence-electron chi connectivity index (χ3n) is 5.24. The number of Topliss-reactive ketones (excluding diaryl/α,β-unsaturated/α-hetero) is 1. The molecule has 2 heterocycles. The maximum atomic E-state index is 12.0. The second-order valence-corrected chi connectivity index (χ2v) is 6.70. The van der Waals surface area contributed by atoms with Crippen LogP contribution in [0, 0.1) is 5.92 Å². The van der Waals surface area contributed by atoms with Crippen molar-refractivity contribution >= 4 is 5.78 Å². The van der Waals surface area contributed by atoms with Gasteiger partial charge >= 0.3 is 0 Å². The number of hydrogen-bond acceptors (Lipinski definition) is 4. The third-order valence-corrected chi connectivity index (χ3v) is 5.24. The lowest BCUT2D eigenvalue weighted by Gasteiger charge is -2.44. The van der Waals surface area contributed by atoms with Crippen LogP contribution < -0.4 is 9.47 Å². The fourth-order valence-corrected chi connectivity index (χ4v) is 4.12. The molecule has 0 amide bonds. The maximum Gasteiger partial charge on any atom is 0.167 e. The van der Waals surface area contributed by atoms with Gasteiger partial charge in [0.25, 0.3) is 0 Å². The summed E-state index contributed by atoms with van der Waals surface area (Å²) in [7, 11) is 1.59. The van der Waals surface area contributed by atoms with Gasteiger partial charge in [0.2, 0.25) is 0 Å². The molecule has 2 aliphatic heterocycles. The number of ketones is 1. The molecular formula is C19H27NO3. The molecule has 0 bridgehead atoms. The minimum atomic E-state index is -0.0135. The molecule has 0 spiro atoms. The fourth-order valence-electron chi connectivity index (χ4n) is 4.12. The SMILES string of the molecule is COc1cccc(OC[C@@H]2CCCN3CCCC[C@H]23)c1C(C)=O. The molecule has 0 radical (unpaired) electrons. The van der Waals surface area contributed by atoms with Crippen LogP contribution in [0.2, 0.25) is 0 Å². The first-order valence-corrected chi connectivity index (χ1v) is 8.75. The van der Waals surface area contributed by atoms with E-state index in [9.17, 15) is 4.79 Å². The van der Waals surface area contributed by atoms with E-state index in [4.69, 9.17) is 9.47 Å². The van der Waals surface area contributed by atoms with E-state index in [-0.39, 0.29) is 5.78 Å². The van der Waals surface area contributed by atoms with E-state index >= 15 is 0 Å². The van der Waals surface area contributed by atoms with Gasteiger partial charge in [-0.25, -0.2) is 0 Å². The molecule has 3 rings (SSSR count). The minimum absolute atomic E-state index is 0.0135. The lowest BCUT2D eigenvalue weighted by Crippen LogP contribution is -2.49. The van der Waals surface area contributed by atoms with Crippen LogP contribution in [-0.2, 0) is 0 Å². The Morgan fingerprint density at radius 2 is 1.96 bits per heavy atom. The molecule has 2 atom stereocenters. The quantitative estimate of drug-likeness (QED) is 0.779. The highest BCUT2D eigenvalue weighted by Gasteiger charge is 2.33. The van der Waals surface area contributed by atoms with Crippen LogP contribution in [0.25, 0.3) is 0 Å². The van der Waals surface area contributed by atoms with E-state index < -0.39 is 0 Å². The Hall–Kier alpha value is -1.55. The summed E-state index contributed by atoms with van der Waals surface area (Å²) in [5.41, 5.74) is 0.561. The third kappa shape index (κ3) is 3.52. The highest BCUT2D eigenvalue weighted by atomic mass is 16.5. The summed E-state index contributed by atoms with van der Waals surface area (Å²) < 4.78 is 11.4. The second kappa shape index (κ2) is 7.35. The Labute approximate surface area is 138 Å². The molecule has 4 nitrogen and oxygen atoms in total. The van der Waals surface area contributed by atoms with Gasteiger partial charge in [0.05, 0.1) is 13.7 Å². The molecule has 0 aromatic heterocycles. The predicted octanol–water partition coefficient (Wildman–Crippen LogP) is 3.54. The van der Waals surface area contributed by atoms with E-state index in [1.165, 1.54) is 45.2 Å². The van der Waals surface area contributed by atoms with Gasteiger partial charge in [0.15, 0.2) is 5.78 Å². The first kappa shape index (κ1) is 16.3. The topological polar surface area (TPSA) is 38.8 Å². The average molecular weight is 317 g/mol. The smallest absolute Gasteiger partial charge is 0.167 e. The van der Waals surface area contributed by atoms with E-state index in [0.29, 0.717) is 35.6 Å². The normalized spacial score (nSPS) is 24.8. The highest BCUT2D eigenvalue weighted by Crippen LogP contribution is 2.33. The molecule has 2 fully saturated rings. The molecule has 126 valence electrons.